The maximum Gasteiger partial charge on any atom is 0.330 e. The van der Waals surface area contributed by atoms with Gasteiger partial charge in [-0.05, 0) is 37.4 Å². The van der Waals surface area contributed by atoms with Crippen LogP contribution in [-0.4, -0.2) is 19.1 Å². The van der Waals surface area contributed by atoms with E-state index in [4.69, 9.17) is 4.74 Å². The minimum atomic E-state index is -0.778. The molecule has 0 radical (unpaired) electrons. The number of esters is 1. The van der Waals surface area contributed by atoms with Gasteiger partial charge in [0.1, 0.15) is 5.54 Å². The molecule has 0 saturated carbocycles. The second kappa shape index (κ2) is 6.71. The van der Waals surface area contributed by atoms with E-state index in [1.54, 1.807) is 0 Å². The number of carbonyl (C=O) groups is 1. The van der Waals surface area contributed by atoms with Gasteiger partial charge in [-0.3, -0.25) is 5.32 Å². The smallest absolute Gasteiger partial charge is 0.330 e. The van der Waals surface area contributed by atoms with E-state index in [2.05, 4.69) is 31.3 Å². The topological polar surface area (TPSA) is 38.3 Å². The van der Waals surface area contributed by atoms with Crippen molar-refractivity contribution in [3.8, 4) is 0 Å². The molecule has 0 heterocycles. The van der Waals surface area contributed by atoms with Crippen molar-refractivity contribution in [1.82, 2.24) is 5.32 Å². The van der Waals surface area contributed by atoms with Crippen molar-refractivity contribution in [2.24, 2.45) is 0 Å². The van der Waals surface area contributed by atoms with Crippen LogP contribution in [0.15, 0.2) is 24.3 Å². The van der Waals surface area contributed by atoms with Gasteiger partial charge in [-0.25, -0.2) is 4.79 Å². The molecule has 3 nitrogen and oxygen atoms in total. The summed E-state index contributed by atoms with van der Waals surface area (Å²) in [5, 5.41) is 3.23. The minimum Gasteiger partial charge on any atom is -0.464 e. The second-order valence-corrected chi connectivity index (χ2v) is 5.15. The molecule has 1 N–H and O–H groups in total. The third kappa shape index (κ3) is 3.57. The van der Waals surface area contributed by atoms with Crippen molar-refractivity contribution in [3.63, 3.8) is 0 Å². The average molecular weight is 263 g/mol. The summed E-state index contributed by atoms with van der Waals surface area (Å²) in [6, 6.07) is 8.17. The molecule has 1 aromatic rings. The number of benzene rings is 1. The molecule has 3 heteroatoms. The Kier molecular flexibility index (Phi) is 5.55. The Labute approximate surface area is 116 Å². The molecule has 0 amide bonds. The van der Waals surface area contributed by atoms with E-state index in [0.29, 0.717) is 19.1 Å². The van der Waals surface area contributed by atoms with Gasteiger partial charge in [0.15, 0.2) is 0 Å². The Morgan fingerprint density at radius 1 is 1.26 bits per heavy atom. The number of nitrogens with one attached hydrogen (secondary N) is 1. The van der Waals surface area contributed by atoms with E-state index in [1.165, 1.54) is 5.56 Å². The number of hydrogen-bond acceptors (Lipinski definition) is 3. The highest BCUT2D eigenvalue weighted by Crippen LogP contribution is 2.25. The number of hydrogen-bond donors (Lipinski definition) is 1. The number of carbonyl (C=O) groups excluding carboxylic acids is 1. The van der Waals surface area contributed by atoms with Gasteiger partial charge in [0.2, 0.25) is 0 Å². The fourth-order valence-electron chi connectivity index (χ4n) is 2.12. The standard InChI is InChI=1S/C16H25NO2/c1-6-17-16(5,15(18)19-7-2)14-10-8-13(9-11-14)12(3)4/h8-12,17H,6-7H2,1-5H3. The van der Waals surface area contributed by atoms with E-state index in [-0.39, 0.29) is 5.97 Å². The van der Waals surface area contributed by atoms with Crippen molar-refractivity contribution in [1.29, 1.82) is 0 Å². The second-order valence-electron chi connectivity index (χ2n) is 5.15. The van der Waals surface area contributed by atoms with Crippen LogP contribution >= 0.6 is 0 Å². The van der Waals surface area contributed by atoms with Crippen LogP contribution < -0.4 is 5.32 Å². The summed E-state index contributed by atoms with van der Waals surface area (Å²) in [4.78, 5) is 12.2. The van der Waals surface area contributed by atoms with Crippen molar-refractivity contribution >= 4 is 5.97 Å². The maximum absolute atomic E-state index is 12.2. The number of rotatable bonds is 6. The molecular weight excluding hydrogens is 238 g/mol. The molecule has 0 aliphatic carbocycles. The number of likely N-dealkylation sites (N-methyl/N-ethyl adjacent to an activating group) is 1. The zero-order valence-electron chi connectivity index (χ0n) is 12.6. The van der Waals surface area contributed by atoms with E-state index < -0.39 is 5.54 Å². The maximum atomic E-state index is 12.2. The highest BCUT2D eigenvalue weighted by atomic mass is 16.5. The lowest BCUT2D eigenvalue weighted by Gasteiger charge is -2.29. The number of ether oxygens (including phenoxy) is 1. The van der Waals surface area contributed by atoms with Crippen LogP contribution in [0.1, 0.15) is 51.7 Å². The van der Waals surface area contributed by atoms with Gasteiger partial charge in [0, 0.05) is 0 Å². The third-order valence-electron chi connectivity index (χ3n) is 3.37. The SMILES string of the molecule is CCNC(C)(C(=O)OCC)c1ccc(C(C)C)cc1. The molecule has 19 heavy (non-hydrogen) atoms. The molecule has 0 aliphatic heterocycles. The van der Waals surface area contributed by atoms with Gasteiger partial charge >= 0.3 is 5.97 Å². The normalized spacial score (nSPS) is 14.2. The Morgan fingerprint density at radius 3 is 2.26 bits per heavy atom. The van der Waals surface area contributed by atoms with E-state index in [9.17, 15) is 4.79 Å². The van der Waals surface area contributed by atoms with Crippen molar-refractivity contribution in [2.75, 3.05) is 13.2 Å². The summed E-state index contributed by atoms with van der Waals surface area (Å²) < 4.78 is 5.19. The van der Waals surface area contributed by atoms with Gasteiger partial charge < -0.3 is 4.74 Å². The largest absolute Gasteiger partial charge is 0.464 e. The molecular formula is C16H25NO2. The summed E-state index contributed by atoms with van der Waals surface area (Å²) in [5.41, 5.74) is 1.43. The van der Waals surface area contributed by atoms with Crippen molar-refractivity contribution in [3.05, 3.63) is 35.4 Å². The van der Waals surface area contributed by atoms with Crippen LogP contribution in [0.4, 0.5) is 0 Å². The highest BCUT2D eigenvalue weighted by molar-refractivity contribution is 5.82. The zero-order valence-corrected chi connectivity index (χ0v) is 12.6. The molecule has 106 valence electrons. The Bertz CT molecular complexity index is 411. The summed E-state index contributed by atoms with van der Waals surface area (Å²) in [7, 11) is 0. The lowest BCUT2D eigenvalue weighted by atomic mass is 9.90. The molecule has 0 bridgehead atoms. The predicted octanol–water partition coefficient (Wildman–Crippen LogP) is 3.20. The summed E-state index contributed by atoms with van der Waals surface area (Å²) in [6.45, 7) is 11.1. The van der Waals surface area contributed by atoms with Gasteiger partial charge in [0.25, 0.3) is 0 Å². The van der Waals surface area contributed by atoms with Crippen LogP contribution in [0, 0.1) is 0 Å². The fourth-order valence-corrected chi connectivity index (χ4v) is 2.12. The van der Waals surface area contributed by atoms with Crippen LogP contribution in [0.2, 0.25) is 0 Å². The summed E-state index contributed by atoms with van der Waals surface area (Å²) in [5.74, 6) is 0.260. The monoisotopic (exact) mass is 263 g/mol. The molecule has 0 saturated heterocycles. The fraction of sp³-hybridized carbons (Fsp3) is 0.562. The van der Waals surface area contributed by atoms with E-state index in [1.807, 2.05) is 32.9 Å². The predicted molar refractivity (Wildman–Crippen MR) is 78.2 cm³/mol. The third-order valence-corrected chi connectivity index (χ3v) is 3.37. The molecule has 0 spiro atoms. The van der Waals surface area contributed by atoms with Gasteiger partial charge in [-0.2, -0.15) is 0 Å². The summed E-state index contributed by atoms with van der Waals surface area (Å²) >= 11 is 0. The first-order valence-electron chi connectivity index (χ1n) is 6.98. The van der Waals surface area contributed by atoms with Gasteiger partial charge in [-0.1, -0.05) is 45.0 Å². The van der Waals surface area contributed by atoms with Gasteiger partial charge in [0.05, 0.1) is 6.61 Å². The Hall–Kier alpha value is -1.35. The average Bonchev–Trinajstić information content (AvgIpc) is 2.39. The molecule has 0 aliphatic rings. The minimum absolute atomic E-state index is 0.228. The van der Waals surface area contributed by atoms with Crippen molar-refractivity contribution in [2.45, 2.75) is 46.1 Å². The highest BCUT2D eigenvalue weighted by Gasteiger charge is 2.35. The molecule has 1 aromatic carbocycles. The van der Waals surface area contributed by atoms with Crippen LogP contribution in [0.5, 0.6) is 0 Å². The van der Waals surface area contributed by atoms with E-state index in [0.717, 1.165) is 5.56 Å². The van der Waals surface area contributed by atoms with Crippen LogP contribution in [0.3, 0.4) is 0 Å². The first-order chi connectivity index (χ1) is 8.95. The quantitative estimate of drug-likeness (QED) is 0.801. The van der Waals surface area contributed by atoms with Crippen LogP contribution in [-0.2, 0) is 15.1 Å². The zero-order chi connectivity index (χ0) is 14.5. The Balaban J connectivity index is 3.07. The molecule has 1 unspecified atom stereocenters. The molecule has 1 rings (SSSR count). The molecule has 1 atom stereocenters. The van der Waals surface area contributed by atoms with Gasteiger partial charge in [-0.15, -0.1) is 0 Å². The van der Waals surface area contributed by atoms with Crippen LogP contribution in [0.25, 0.3) is 0 Å². The summed E-state index contributed by atoms with van der Waals surface area (Å²) in [6.07, 6.45) is 0. The lowest BCUT2D eigenvalue weighted by Crippen LogP contribution is -2.47. The first kappa shape index (κ1) is 15.7. The molecule has 0 fully saturated rings. The van der Waals surface area contributed by atoms with E-state index >= 15 is 0 Å². The first-order valence-corrected chi connectivity index (χ1v) is 6.98. The molecule has 0 aromatic heterocycles. The van der Waals surface area contributed by atoms with Crippen molar-refractivity contribution < 1.29 is 9.53 Å². The lowest BCUT2D eigenvalue weighted by molar-refractivity contribution is -0.151. The Morgan fingerprint density at radius 2 is 1.84 bits per heavy atom.